The Morgan fingerprint density at radius 3 is 0.898 bits per heavy atom. The lowest BCUT2D eigenvalue weighted by Crippen LogP contribution is -2.64. The Morgan fingerprint density at radius 2 is 0.619 bits per heavy atom. The van der Waals surface area contributed by atoms with Crippen molar-refractivity contribution in [2.24, 2.45) is 163 Å². The largest absolute Gasteiger partial charge is 0.461 e. The molecule has 8 amide bonds. The molecule has 8 aliphatic rings. The number of fused-ring (bicyclic) bond motifs is 10. The van der Waals surface area contributed by atoms with Crippen molar-refractivity contribution >= 4 is 158 Å². The third-order valence-corrected chi connectivity index (χ3v) is 34.2. The first-order valence-corrected chi connectivity index (χ1v) is 52.1. The topological polar surface area (TPSA) is 608 Å². The molecule has 8 saturated carbocycles. The molecule has 46 heteroatoms. The molecule has 20 N–H and O–H groups in total. The van der Waals surface area contributed by atoms with Crippen LogP contribution in [-0.2, 0) is 122 Å². The van der Waals surface area contributed by atoms with Crippen molar-refractivity contribution in [1.82, 2.24) is 72.5 Å². The van der Waals surface area contributed by atoms with Crippen LogP contribution in [0.15, 0.2) is 12.4 Å². The lowest BCUT2D eigenvalue weighted by Gasteiger charge is -2.64. The van der Waals surface area contributed by atoms with Gasteiger partial charge in [0.1, 0.15) is 87.3 Å². The number of carbonyl (C=O) groups is 14. The molecule has 0 spiro atoms. The highest BCUT2D eigenvalue weighted by Crippen LogP contribution is 2.72. The number of unbranched alkanes of at least 4 members (excludes halogenated alkanes) is 2. The summed E-state index contributed by atoms with van der Waals surface area (Å²) in [5.74, 6) is -9.82. The number of nitrogens with zero attached hydrogens (tertiary/aromatic N) is 6. The molecule has 147 heavy (non-hydrogen) atoms. The standard InChI is InChI=1S/C101H168N20O20.6ClH/c1-52(2)86(102)92(130)110-44-78(124)136-64-30-32-98(15)60(36-64)38-72(138-80(126)46-112-94(132)88(104)54(5)6)84-68-26-24-66(100(68,17)74(40-70(84)98)140-82(128)48-114-96(134)90(106)56(9)10)58(13)22-28-76(122)108-42-62-50-120(118-116-62)34-20-19-21-35-121-51-63(117-119-121)43-109-77(123)29-23-59(14)67-25-27-69-85-71(41-75(101(67,69)18)141-83(129)49-115-97(135)91(107)57(11)12)99(16)33-31-65(137-79(125)45-111-93(131)87(103)53(3)4)37-61(99)39-73(85)139-81(127)47-113-95(133)89(105)55(7)8;;;;;;/h50-61,64-75,84-91H,19-49,102-107H2,1-18H3,(H,108,122)(H,109,123)(H,110,130)(H,111,131)(H,112,132)(H,113,133)(H,114,134)(H,115,135);6*1H/t58-,59-,60+,61+,64-,65-,66-,67-,68+,69+,70+,71+,72-,73-,74+,75+,84+,85+,86?,87?,88?,89?,90?,91?,98+,99+,100-,101-;;;;;;/m1....../s1. The van der Waals surface area contributed by atoms with Gasteiger partial charge in [-0.05, 0) is 228 Å². The summed E-state index contributed by atoms with van der Waals surface area (Å²) in [4.78, 5) is 190. The molecule has 0 bridgehead atoms. The Balaban J connectivity index is 0.00000750. The fourth-order valence-electron chi connectivity index (χ4n) is 25.1. The number of carbonyl (C=O) groups excluding carboxylic acids is 14. The van der Waals surface area contributed by atoms with E-state index < -0.39 is 192 Å². The summed E-state index contributed by atoms with van der Waals surface area (Å²) in [6.07, 6.45) is 11.2. The smallest absolute Gasteiger partial charge is 0.325 e. The predicted octanol–water partition coefficient (Wildman–Crippen LogP) is 7.16. The fourth-order valence-corrected chi connectivity index (χ4v) is 25.1. The Labute approximate surface area is 904 Å². The van der Waals surface area contributed by atoms with E-state index in [1.807, 2.05) is 95.5 Å². The summed E-state index contributed by atoms with van der Waals surface area (Å²) in [6.45, 7) is 33.9. The first-order chi connectivity index (χ1) is 66.4. The summed E-state index contributed by atoms with van der Waals surface area (Å²) < 4.78 is 42.2. The number of aryl methyl sites for hydroxylation is 2. The van der Waals surface area contributed by atoms with Gasteiger partial charge < -0.3 is 105 Å². The average molecular weight is 2200 g/mol. The van der Waals surface area contributed by atoms with Gasteiger partial charge in [-0.25, -0.2) is 0 Å². The van der Waals surface area contributed by atoms with Gasteiger partial charge in [-0.15, -0.1) is 84.6 Å². The second-order valence-corrected chi connectivity index (χ2v) is 45.3. The number of nitrogens with two attached hydrogens (primary N) is 6. The van der Waals surface area contributed by atoms with Crippen molar-refractivity contribution in [2.45, 2.75) is 359 Å². The van der Waals surface area contributed by atoms with Crippen LogP contribution in [0.5, 0.6) is 0 Å². The highest BCUT2D eigenvalue weighted by atomic mass is 35.5. The Hall–Kier alpha value is -7.64. The molecule has 8 aliphatic carbocycles. The number of hydrogen-bond donors (Lipinski definition) is 14. The van der Waals surface area contributed by atoms with Crippen LogP contribution in [0.2, 0.25) is 0 Å². The molecule has 28 atom stereocenters. The SMILES string of the molecule is CC(C)C(N)C(=O)NCC(=O)O[C@@H]1CC[C@@]2(C)[C@@H](C1)C[C@@H](OC(=O)CNC(=O)C(N)C(C)C)[C@@H]1[C@@H]2C[C@H](OC(=O)CNC(=O)C(N)C(C)C)[C@]2(C)[C@@H]([C@H](C)CCC(=O)NCc3cn(CCCCCn4cc(CNC(=O)CC[C@@H](C)[C@H]5CC[C@H]6[C@@H]7[C@H](OC(=O)CNC(=O)C(N)C(C)C)C[C@@H]8C[C@H](OC(=O)CNC(=O)C(N)C(C)C)CC[C@]8(C)[C@H]7C[C@H](OC(=O)CNC(=O)C(N)C(C)C)[C@]56C)nn4)nn3)CC[C@@H]12.Cl.Cl.Cl.Cl.Cl.Cl. The number of ether oxygens (including phenoxy) is 6. The maximum Gasteiger partial charge on any atom is 0.325 e. The second kappa shape index (κ2) is 58.4. The van der Waals surface area contributed by atoms with Gasteiger partial charge in [0.25, 0.3) is 0 Å². The third-order valence-electron chi connectivity index (χ3n) is 34.2. The highest BCUT2D eigenvalue weighted by molar-refractivity contribution is 5.90. The summed E-state index contributed by atoms with van der Waals surface area (Å²) in [7, 11) is 0. The minimum absolute atomic E-state index is 0. The van der Waals surface area contributed by atoms with E-state index in [2.05, 4.69) is 105 Å². The first kappa shape index (κ1) is 132. The first-order valence-electron chi connectivity index (χ1n) is 52.1. The molecular weight excluding hydrogens is 2030 g/mol. The minimum Gasteiger partial charge on any atom is -0.461 e. The van der Waals surface area contributed by atoms with Crippen molar-refractivity contribution in [3.05, 3.63) is 23.8 Å². The van der Waals surface area contributed by atoms with E-state index in [4.69, 9.17) is 62.8 Å². The van der Waals surface area contributed by atoms with Gasteiger partial charge in [0.05, 0.1) is 61.7 Å². The Bertz CT molecular complexity index is 4400. The Kier molecular flexibility index (Phi) is 52.3. The summed E-state index contributed by atoms with van der Waals surface area (Å²) >= 11 is 0. The molecule has 0 saturated heterocycles. The lowest BCUT2D eigenvalue weighted by molar-refractivity contribution is -0.226. The van der Waals surface area contributed by atoms with Crippen LogP contribution in [0.25, 0.3) is 0 Å². The quantitative estimate of drug-likeness (QED) is 0.0177. The van der Waals surface area contributed by atoms with Crippen molar-refractivity contribution < 1.29 is 95.5 Å². The van der Waals surface area contributed by atoms with E-state index in [-0.39, 0.29) is 232 Å². The molecule has 0 radical (unpaired) electrons. The number of esters is 6. The molecule has 40 nitrogen and oxygen atoms in total. The minimum atomic E-state index is -0.855. The monoisotopic (exact) mass is 2200 g/mol. The van der Waals surface area contributed by atoms with E-state index >= 15 is 0 Å². The van der Waals surface area contributed by atoms with Crippen LogP contribution in [0.1, 0.15) is 271 Å². The zero-order valence-corrected chi connectivity index (χ0v) is 94.1. The molecule has 2 aromatic heterocycles. The van der Waals surface area contributed by atoms with Gasteiger partial charge in [-0.3, -0.25) is 76.5 Å². The van der Waals surface area contributed by atoms with Crippen molar-refractivity contribution in [1.29, 1.82) is 0 Å². The second-order valence-electron chi connectivity index (χ2n) is 45.3. The zero-order chi connectivity index (χ0) is 104. The van der Waals surface area contributed by atoms with Gasteiger partial charge in [0.15, 0.2) is 0 Å². The maximum absolute atomic E-state index is 14.3. The van der Waals surface area contributed by atoms with Crippen LogP contribution in [0, 0.1) is 128 Å². The number of amides is 8. The van der Waals surface area contributed by atoms with Gasteiger partial charge in [0, 0.05) is 48.6 Å². The van der Waals surface area contributed by atoms with Gasteiger partial charge in [0.2, 0.25) is 47.3 Å². The van der Waals surface area contributed by atoms with Crippen LogP contribution in [0.4, 0.5) is 0 Å². The molecule has 0 aliphatic heterocycles. The molecule has 10 rings (SSSR count). The maximum atomic E-state index is 14.3. The molecule has 8 fully saturated rings. The van der Waals surface area contributed by atoms with Crippen molar-refractivity contribution in [3.63, 3.8) is 0 Å². The molecule has 840 valence electrons. The predicted molar refractivity (Wildman–Crippen MR) is 564 cm³/mol. The highest BCUT2D eigenvalue weighted by Gasteiger charge is 2.70. The van der Waals surface area contributed by atoms with Crippen molar-refractivity contribution in [3.8, 4) is 0 Å². The zero-order valence-electron chi connectivity index (χ0n) is 89.2. The number of hydrogen-bond acceptors (Lipinski definition) is 30. The molecule has 2 heterocycles. The van der Waals surface area contributed by atoms with Gasteiger partial charge >= 0.3 is 35.8 Å². The van der Waals surface area contributed by atoms with Gasteiger partial charge in [-0.2, -0.15) is 0 Å². The number of halogens is 6. The van der Waals surface area contributed by atoms with Crippen LogP contribution < -0.4 is 76.9 Å². The number of rotatable bonds is 48. The van der Waals surface area contributed by atoms with E-state index in [9.17, 15) is 67.1 Å². The normalized spacial score (nSPS) is 28.7. The van der Waals surface area contributed by atoms with E-state index in [1.165, 1.54) is 0 Å². The van der Waals surface area contributed by atoms with E-state index in [0.717, 1.165) is 19.3 Å². The molecular formula is C101H174Cl6N20O20. The van der Waals surface area contributed by atoms with Crippen LogP contribution >= 0.6 is 74.4 Å². The molecule has 6 unspecified atom stereocenters. The van der Waals surface area contributed by atoms with E-state index in [1.54, 1.807) is 9.36 Å². The lowest BCUT2D eigenvalue weighted by atomic mass is 9.43. The molecule has 2 aromatic rings. The van der Waals surface area contributed by atoms with Crippen molar-refractivity contribution in [2.75, 3.05) is 39.3 Å². The van der Waals surface area contributed by atoms with Crippen LogP contribution in [-0.4, -0.2) is 225 Å². The molecule has 0 aromatic carbocycles. The Morgan fingerprint density at radius 1 is 0.347 bits per heavy atom. The van der Waals surface area contributed by atoms with E-state index in [0.29, 0.717) is 127 Å². The number of nitrogens with one attached hydrogen (secondary N) is 8. The van der Waals surface area contributed by atoms with Gasteiger partial charge in [-0.1, -0.05) is 135 Å². The summed E-state index contributed by atoms with van der Waals surface area (Å²) in [5.41, 5.74) is 35.7. The fraction of sp³-hybridized carbons (Fsp3) is 0.822. The number of aromatic nitrogens is 6. The third kappa shape index (κ3) is 33.2. The average Bonchev–Trinajstić information content (AvgIpc) is 1.66. The van der Waals surface area contributed by atoms with Crippen LogP contribution in [0.3, 0.4) is 0 Å². The summed E-state index contributed by atoms with van der Waals surface area (Å²) in [5, 5.41) is 39.5. The summed E-state index contributed by atoms with van der Waals surface area (Å²) in [6, 6.07) is -5.02.